The first kappa shape index (κ1) is 17.3. The molecule has 0 amide bonds. The monoisotopic (exact) mass is 350 g/mol. The number of ketones is 1. The number of phenols is 1. The van der Waals surface area contributed by atoms with E-state index >= 15 is 0 Å². The Bertz CT molecular complexity index is 1000. The molecule has 0 aliphatic heterocycles. The van der Waals surface area contributed by atoms with Gasteiger partial charge in [-0.2, -0.15) is 14.9 Å². The van der Waals surface area contributed by atoms with Crippen molar-refractivity contribution in [3.8, 4) is 5.75 Å². The summed E-state index contributed by atoms with van der Waals surface area (Å²) >= 11 is 0. The first-order chi connectivity index (χ1) is 12.6. The minimum Gasteiger partial charge on any atom is -0.507 e. The number of hydrogen-bond acceptors (Lipinski definition) is 5. The Kier molecular flexibility index (Phi) is 5.07. The summed E-state index contributed by atoms with van der Waals surface area (Å²) in [6, 6.07) is 15.4. The van der Waals surface area contributed by atoms with Gasteiger partial charge in [-0.1, -0.05) is 49.4 Å². The van der Waals surface area contributed by atoms with Crippen molar-refractivity contribution in [1.82, 2.24) is 14.5 Å². The molecule has 0 spiro atoms. The number of Topliss-reactive ketones (excluding diaryl/α,β-unsaturated/α-hetero) is 1. The van der Waals surface area contributed by atoms with E-state index in [1.807, 2.05) is 13.0 Å². The molecule has 3 rings (SSSR count). The van der Waals surface area contributed by atoms with Crippen LogP contribution in [0, 0.1) is 0 Å². The van der Waals surface area contributed by atoms with E-state index in [0.717, 1.165) is 9.36 Å². The van der Waals surface area contributed by atoms with Gasteiger partial charge in [0.15, 0.2) is 11.6 Å². The van der Waals surface area contributed by atoms with Crippen LogP contribution < -0.4 is 5.69 Å². The minimum absolute atomic E-state index is 0.0639. The van der Waals surface area contributed by atoms with Gasteiger partial charge >= 0.3 is 5.69 Å². The van der Waals surface area contributed by atoms with Crippen molar-refractivity contribution in [2.75, 3.05) is 0 Å². The van der Waals surface area contributed by atoms with Crippen LogP contribution in [0.15, 0.2) is 64.5 Å². The Morgan fingerprint density at radius 1 is 1.15 bits per heavy atom. The maximum atomic E-state index is 12.6. The van der Waals surface area contributed by atoms with Gasteiger partial charge in [-0.3, -0.25) is 4.79 Å². The summed E-state index contributed by atoms with van der Waals surface area (Å²) in [7, 11) is 0. The van der Waals surface area contributed by atoms with E-state index in [-0.39, 0.29) is 18.1 Å². The smallest absolute Gasteiger partial charge is 0.367 e. The summed E-state index contributed by atoms with van der Waals surface area (Å²) in [6.07, 6.45) is 1.86. The second-order valence-corrected chi connectivity index (χ2v) is 5.61. The number of aromatic hydroxyl groups is 1. The first-order valence-corrected chi connectivity index (χ1v) is 8.19. The summed E-state index contributed by atoms with van der Waals surface area (Å²) in [4.78, 5) is 24.9. The standard InChI is InChI=1S/C19H18N4O3/c1-2-18-21-22(13-17(25)14-8-4-3-5-9-14)19(26)23(18)20-12-15-10-6-7-11-16(15)24/h3-12,24H,2,13H2,1H3. The Balaban J connectivity index is 1.89. The molecule has 132 valence electrons. The van der Waals surface area contributed by atoms with Gasteiger partial charge in [0.05, 0.1) is 6.21 Å². The van der Waals surface area contributed by atoms with Crippen LogP contribution >= 0.6 is 0 Å². The maximum absolute atomic E-state index is 12.6. The molecular weight excluding hydrogens is 332 g/mol. The second kappa shape index (κ2) is 7.60. The van der Waals surface area contributed by atoms with E-state index in [4.69, 9.17) is 0 Å². The topological polar surface area (TPSA) is 89.5 Å². The van der Waals surface area contributed by atoms with Crippen LogP contribution in [0.25, 0.3) is 0 Å². The van der Waals surface area contributed by atoms with Gasteiger partial charge < -0.3 is 5.11 Å². The zero-order chi connectivity index (χ0) is 18.5. The number of carbonyl (C=O) groups is 1. The van der Waals surface area contributed by atoms with Crippen molar-refractivity contribution < 1.29 is 9.90 Å². The van der Waals surface area contributed by atoms with Crippen molar-refractivity contribution in [2.24, 2.45) is 5.10 Å². The number of benzene rings is 2. The minimum atomic E-state index is -0.502. The highest BCUT2D eigenvalue weighted by Gasteiger charge is 2.15. The molecule has 0 radical (unpaired) electrons. The molecule has 7 heteroatoms. The van der Waals surface area contributed by atoms with Crippen molar-refractivity contribution in [2.45, 2.75) is 19.9 Å². The summed E-state index contributed by atoms with van der Waals surface area (Å²) in [5.41, 5.74) is 0.497. The van der Waals surface area contributed by atoms with E-state index in [9.17, 15) is 14.7 Å². The predicted octanol–water partition coefficient (Wildman–Crippen LogP) is 2.08. The Morgan fingerprint density at radius 3 is 2.54 bits per heavy atom. The van der Waals surface area contributed by atoms with Crippen LogP contribution in [0.3, 0.4) is 0 Å². The summed E-state index contributed by atoms with van der Waals surface area (Å²) in [5.74, 6) is 0.293. The number of nitrogens with zero attached hydrogens (tertiary/aromatic N) is 4. The van der Waals surface area contributed by atoms with Crippen molar-refractivity contribution >= 4 is 12.0 Å². The van der Waals surface area contributed by atoms with Gasteiger partial charge in [-0.05, 0) is 12.1 Å². The molecule has 0 atom stereocenters. The molecule has 0 fully saturated rings. The third-order valence-corrected chi connectivity index (χ3v) is 3.84. The molecule has 3 aromatic rings. The van der Waals surface area contributed by atoms with E-state index in [1.165, 1.54) is 12.3 Å². The molecule has 0 aliphatic rings. The van der Waals surface area contributed by atoms with Crippen molar-refractivity contribution in [3.63, 3.8) is 0 Å². The van der Waals surface area contributed by atoms with E-state index in [2.05, 4.69) is 10.2 Å². The highest BCUT2D eigenvalue weighted by atomic mass is 16.3. The third-order valence-electron chi connectivity index (χ3n) is 3.84. The molecular formula is C19H18N4O3. The Labute approximate surface area is 149 Å². The van der Waals surface area contributed by atoms with E-state index in [1.54, 1.807) is 42.5 Å². The number of hydrogen-bond donors (Lipinski definition) is 1. The molecule has 0 saturated carbocycles. The zero-order valence-corrected chi connectivity index (χ0v) is 14.2. The molecule has 1 N–H and O–H groups in total. The average molecular weight is 350 g/mol. The molecule has 1 heterocycles. The number of para-hydroxylation sites is 1. The largest absolute Gasteiger partial charge is 0.507 e. The highest BCUT2D eigenvalue weighted by Crippen LogP contribution is 2.12. The van der Waals surface area contributed by atoms with Crippen LogP contribution in [-0.4, -0.2) is 31.6 Å². The van der Waals surface area contributed by atoms with Crippen LogP contribution in [0.1, 0.15) is 28.7 Å². The molecule has 2 aromatic carbocycles. The fraction of sp³-hybridized carbons (Fsp3) is 0.158. The summed E-state index contributed by atoms with van der Waals surface area (Å²) in [6.45, 7) is 1.69. The molecule has 7 nitrogen and oxygen atoms in total. The fourth-order valence-electron chi connectivity index (χ4n) is 2.45. The van der Waals surface area contributed by atoms with Crippen molar-refractivity contribution in [1.29, 1.82) is 0 Å². The Hall–Kier alpha value is -3.48. The van der Waals surface area contributed by atoms with Gasteiger partial charge in [0, 0.05) is 17.5 Å². The van der Waals surface area contributed by atoms with Gasteiger partial charge in [0.25, 0.3) is 0 Å². The second-order valence-electron chi connectivity index (χ2n) is 5.61. The van der Waals surface area contributed by atoms with Gasteiger partial charge in [0.2, 0.25) is 0 Å². The van der Waals surface area contributed by atoms with Gasteiger partial charge in [0.1, 0.15) is 12.3 Å². The van der Waals surface area contributed by atoms with Crippen molar-refractivity contribution in [3.05, 3.63) is 82.0 Å². The molecule has 0 bridgehead atoms. The number of aryl methyl sites for hydroxylation is 1. The van der Waals surface area contributed by atoms with Crippen LogP contribution in [0.2, 0.25) is 0 Å². The SMILES string of the molecule is CCc1nn(CC(=O)c2ccccc2)c(=O)n1N=Cc1ccccc1O. The number of carbonyl (C=O) groups excluding carboxylic acids is 1. The van der Waals surface area contributed by atoms with Crippen LogP contribution in [-0.2, 0) is 13.0 Å². The number of phenolic OH excluding ortho intramolecular Hbond substituents is 1. The quantitative estimate of drug-likeness (QED) is 0.544. The van der Waals surface area contributed by atoms with Gasteiger partial charge in [-0.25, -0.2) is 9.48 Å². The first-order valence-electron chi connectivity index (χ1n) is 8.19. The molecule has 0 aliphatic carbocycles. The number of aromatic nitrogens is 3. The third kappa shape index (κ3) is 3.61. The lowest BCUT2D eigenvalue weighted by Crippen LogP contribution is -2.26. The summed E-state index contributed by atoms with van der Waals surface area (Å²) < 4.78 is 2.25. The lowest BCUT2D eigenvalue weighted by Gasteiger charge is -1.99. The fourth-order valence-corrected chi connectivity index (χ4v) is 2.45. The van der Waals surface area contributed by atoms with E-state index < -0.39 is 5.69 Å². The Morgan fingerprint density at radius 2 is 1.85 bits per heavy atom. The zero-order valence-electron chi connectivity index (χ0n) is 14.2. The summed E-state index contributed by atoms with van der Waals surface area (Å²) in [5, 5.41) is 18.1. The molecule has 0 unspecified atom stereocenters. The molecule has 0 saturated heterocycles. The maximum Gasteiger partial charge on any atom is 0.367 e. The lowest BCUT2D eigenvalue weighted by molar-refractivity contribution is 0.0966. The van der Waals surface area contributed by atoms with Crippen LogP contribution in [0.5, 0.6) is 5.75 Å². The van der Waals surface area contributed by atoms with Crippen LogP contribution in [0.4, 0.5) is 0 Å². The lowest BCUT2D eigenvalue weighted by atomic mass is 10.1. The average Bonchev–Trinajstić information content (AvgIpc) is 2.97. The van der Waals surface area contributed by atoms with E-state index in [0.29, 0.717) is 23.4 Å². The normalized spacial score (nSPS) is 11.1. The van der Waals surface area contributed by atoms with Gasteiger partial charge in [-0.15, -0.1) is 0 Å². The number of rotatable bonds is 6. The molecule has 26 heavy (non-hydrogen) atoms. The predicted molar refractivity (Wildman–Crippen MR) is 97.7 cm³/mol. The molecule has 1 aromatic heterocycles. The highest BCUT2D eigenvalue weighted by molar-refractivity contribution is 5.95.